The number of thioether (sulfide) groups is 1. The van der Waals surface area contributed by atoms with Crippen molar-refractivity contribution in [1.82, 2.24) is 4.90 Å². The Bertz CT molecular complexity index is 1120. The Labute approximate surface area is 196 Å². The lowest BCUT2D eigenvalue weighted by atomic mass is 10.1. The van der Waals surface area contributed by atoms with Gasteiger partial charge in [-0.1, -0.05) is 18.2 Å². The van der Waals surface area contributed by atoms with Crippen LogP contribution in [0.2, 0.25) is 0 Å². The summed E-state index contributed by atoms with van der Waals surface area (Å²) in [5, 5.41) is -0.555. The molecular weight excluding hydrogens is 502 g/mol. The molecule has 1 heterocycles. The molecule has 0 aromatic heterocycles. The lowest BCUT2D eigenvalue weighted by Gasteiger charge is -2.11. The van der Waals surface area contributed by atoms with Crippen molar-refractivity contribution < 1.29 is 33.4 Å². The van der Waals surface area contributed by atoms with Crippen molar-refractivity contribution in [1.29, 1.82) is 0 Å². The van der Waals surface area contributed by atoms with Gasteiger partial charge in [0.1, 0.15) is 6.54 Å². The second kappa shape index (κ2) is 10.5. The fraction of sp³-hybridized carbons (Fsp3) is 0.182. The molecule has 8 nitrogen and oxygen atoms in total. The molecule has 2 aromatic rings. The van der Waals surface area contributed by atoms with Gasteiger partial charge in [-0.3, -0.25) is 19.3 Å². The van der Waals surface area contributed by atoms with Gasteiger partial charge in [-0.25, -0.2) is 4.79 Å². The zero-order chi connectivity index (χ0) is 23.3. The van der Waals surface area contributed by atoms with Gasteiger partial charge < -0.3 is 14.2 Å². The van der Waals surface area contributed by atoms with Crippen LogP contribution in [0.25, 0.3) is 6.08 Å². The van der Waals surface area contributed by atoms with E-state index in [-0.39, 0.29) is 23.0 Å². The molecule has 3 rings (SSSR count). The number of rotatable bonds is 7. The van der Waals surface area contributed by atoms with Gasteiger partial charge in [0.25, 0.3) is 11.1 Å². The van der Waals surface area contributed by atoms with Crippen LogP contribution >= 0.6 is 27.7 Å². The first-order valence-corrected chi connectivity index (χ1v) is 11.0. The predicted octanol–water partition coefficient (Wildman–Crippen LogP) is 4.28. The van der Waals surface area contributed by atoms with Crippen LogP contribution in [0.5, 0.6) is 11.5 Å². The predicted molar refractivity (Wildman–Crippen MR) is 121 cm³/mol. The Morgan fingerprint density at radius 3 is 2.56 bits per heavy atom. The van der Waals surface area contributed by atoms with Crippen LogP contribution in [0, 0.1) is 0 Å². The third-order valence-corrected chi connectivity index (χ3v) is 5.85. The Kier molecular flexibility index (Phi) is 7.70. The number of hydrogen-bond donors (Lipinski definition) is 0. The van der Waals surface area contributed by atoms with Crippen LogP contribution in [0.15, 0.2) is 51.8 Å². The van der Waals surface area contributed by atoms with E-state index < -0.39 is 29.6 Å². The number of carbonyl (C=O) groups excluding carboxylic acids is 4. The SMILES string of the molecule is CCOC(=O)CN1C(=O)S/C(=C\c2ccc(OC(=O)c3ccccc3Br)c(OC)c2)C1=O. The van der Waals surface area contributed by atoms with Gasteiger partial charge in [-0.15, -0.1) is 0 Å². The topological polar surface area (TPSA) is 99.2 Å². The number of ether oxygens (including phenoxy) is 3. The molecule has 32 heavy (non-hydrogen) atoms. The van der Waals surface area contributed by atoms with E-state index in [1.807, 2.05) is 0 Å². The van der Waals surface area contributed by atoms with Gasteiger partial charge in [-0.2, -0.15) is 0 Å². The molecular formula is C22H18BrNO7S. The van der Waals surface area contributed by atoms with E-state index in [1.54, 1.807) is 43.3 Å². The molecule has 0 atom stereocenters. The molecule has 1 saturated heterocycles. The molecule has 0 saturated carbocycles. The first-order chi connectivity index (χ1) is 15.3. The summed E-state index contributed by atoms with van der Waals surface area (Å²) in [5.41, 5.74) is 0.901. The number of benzene rings is 2. The number of halogens is 1. The summed E-state index contributed by atoms with van der Waals surface area (Å²) in [6.07, 6.45) is 1.50. The molecule has 2 amide bonds. The minimum absolute atomic E-state index is 0.152. The molecule has 1 aliphatic rings. The zero-order valence-electron chi connectivity index (χ0n) is 17.1. The molecule has 1 fully saturated rings. The molecule has 0 bridgehead atoms. The Hall–Kier alpha value is -3.11. The van der Waals surface area contributed by atoms with E-state index in [4.69, 9.17) is 14.2 Å². The lowest BCUT2D eigenvalue weighted by molar-refractivity contribution is -0.145. The van der Waals surface area contributed by atoms with Crippen molar-refractivity contribution in [2.24, 2.45) is 0 Å². The quantitative estimate of drug-likeness (QED) is 0.303. The molecule has 0 N–H and O–H groups in total. The van der Waals surface area contributed by atoms with Crippen molar-refractivity contribution in [3.8, 4) is 11.5 Å². The standard InChI is InChI=1S/C22H18BrNO7S/c1-3-30-19(25)12-24-20(26)18(32-22(24)28)11-13-8-9-16(17(10-13)29-2)31-21(27)14-6-4-5-7-15(14)23/h4-11H,3,12H2,1-2H3/b18-11-. The Morgan fingerprint density at radius 2 is 1.88 bits per heavy atom. The maximum atomic E-state index is 12.5. The molecule has 1 aliphatic heterocycles. The highest BCUT2D eigenvalue weighted by atomic mass is 79.9. The average molecular weight is 520 g/mol. The lowest BCUT2D eigenvalue weighted by Crippen LogP contribution is -2.34. The van der Waals surface area contributed by atoms with Crippen LogP contribution < -0.4 is 9.47 Å². The van der Waals surface area contributed by atoms with Gasteiger partial charge >= 0.3 is 11.9 Å². The second-order valence-electron chi connectivity index (χ2n) is 6.35. The Morgan fingerprint density at radius 1 is 1.12 bits per heavy atom. The third-order valence-electron chi connectivity index (χ3n) is 4.25. The number of imide groups is 1. The van der Waals surface area contributed by atoms with Gasteiger partial charge in [0, 0.05) is 4.47 Å². The number of hydrogen-bond acceptors (Lipinski definition) is 8. The molecule has 10 heteroatoms. The third kappa shape index (κ3) is 5.38. The van der Waals surface area contributed by atoms with Crippen molar-refractivity contribution in [3.63, 3.8) is 0 Å². The maximum Gasteiger partial charge on any atom is 0.344 e. The van der Waals surface area contributed by atoms with Crippen LogP contribution in [0.4, 0.5) is 4.79 Å². The van der Waals surface area contributed by atoms with Gasteiger partial charge in [0.2, 0.25) is 0 Å². The van der Waals surface area contributed by atoms with Crippen molar-refractivity contribution in [2.45, 2.75) is 6.92 Å². The minimum atomic E-state index is -0.658. The summed E-state index contributed by atoms with van der Waals surface area (Å²) >= 11 is 4.03. The van der Waals surface area contributed by atoms with Crippen LogP contribution in [-0.4, -0.2) is 48.2 Å². The molecule has 0 spiro atoms. The van der Waals surface area contributed by atoms with Gasteiger partial charge in [-0.05, 0) is 70.5 Å². The summed E-state index contributed by atoms with van der Waals surface area (Å²) in [4.78, 5) is 49.7. The highest BCUT2D eigenvalue weighted by Gasteiger charge is 2.36. The van der Waals surface area contributed by atoms with Crippen molar-refractivity contribution >= 4 is 56.9 Å². The zero-order valence-corrected chi connectivity index (χ0v) is 19.5. The van der Waals surface area contributed by atoms with E-state index in [1.165, 1.54) is 19.3 Å². The number of amides is 2. The summed E-state index contributed by atoms with van der Waals surface area (Å²) in [7, 11) is 1.42. The van der Waals surface area contributed by atoms with Gasteiger partial charge in [0.05, 0.1) is 24.2 Å². The smallest absolute Gasteiger partial charge is 0.344 e. The summed E-state index contributed by atoms with van der Waals surface area (Å²) in [5.74, 6) is -1.35. The average Bonchev–Trinajstić information content (AvgIpc) is 3.02. The largest absolute Gasteiger partial charge is 0.493 e. The highest BCUT2D eigenvalue weighted by molar-refractivity contribution is 9.10. The van der Waals surface area contributed by atoms with Crippen molar-refractivity contribution in [2.75, 3.05) is 20.3 Å². The second-order valence-corrected chi connectivity index (χ2v) is 8.20. The molecule has 0 aliphatic carbocycles. The van der Waals surface area contributed by atoms with E-state index in [0.29, 0.717) is 15.6 Å². The molecule has 0 radical (unpaired) electrons. The van der Waals surface area contributed by atoms with Crippen molar-refractivity contribution in [3.05, 3.63) is 63.0 Å². The number of carbonyl (C=O) groups is 4. The van der Waals surface area contributed by atoms with E-state index in [2.05, 4.69) is 15.9 Å². The maximum absolute atomic E-state index is 12.5. The first kappa shape index (κ1) is 23.6. The van der Waals surface area contributed by atoms with E-state index in [0.717, 1.165) is 16.7 Å². The van der Waals surface area contributed by atoms with Crippen LogP contribution in [0.3, 0.4) is 0 Å². The summed E-state index contributed by atoms with van der Waals surface area (Å²) in [6.45, 7) is 1.35. The Balaban J connectivity index is 1.78. The van der Waals surface area contributed by atoms with E-state index >= 15 is 0 Å². The van der Waals surface area contributed by atoms with Gasteiger partial charge in [0.15, 0.2) is 11.5 Å². The summed E-state index contributed by atoms with van der Waals surface area (Å²) < 4.78 is 16.2. The van der Waals surface area contributed by atoms with Crippen LogP contribution in [0.1, 0.15) is 22.8 Å². The van der Waals surface area contributed by atoms with E-state index in [9.17, 15) is 19.2 Å². The number of esters is 2. The fourth-order valence-corrected chi connectivity index (χ4v) is 4.05. The summed E-state index contributed by atoms with van der Waals surface area (Å²) in [6, 6.07) is 11.6. The molecule has 0 unspecified atom stereocenters. The minimum Gasteiger partial charge on any atom is -0.493 e. The fourth-order valence-electron chi connectivity index (χ4n) is 2.76. The normalized spacial score (nSPS) is 14.6. The molecule has 2 aromatic carbocycles. The molecule has 166 valence electrons. The number of nitrogens with zero attached hydrogens (tertiary/aromatic N) is 1. The van der Waals surface area contributed by atoms with Crippen LogP contribution in [-0.2, 0) is 14.3 Å². The highest BCUT2D eigenvalue weighted by Crippen LogP contribution is 2.35. The first-order valence-electron chi connectivity index (χ1n) is 9.39. The number of methoxy groups -OCH3 is 1. The monoisotopic (exact) mass is 519 g/mol.